The average Bonchev–Trinajstić information content (AvgIpc) is 2.64. The minimum absolute atomic E-state index is 0.288. The molecule has 1 aliphatic heterocycles. The van der Waals surface area contributed by atoms with Crippen LogP contribution in [0.15, 0.2) is 36.5 Å². The van der Waals surface area contributed by atoms with Gasteiger partial charge in [-0.2, -0.15) is 0 Å². The highest BCUT2D eigenvalue weighted by molar-refractivity contribution is 5.81. The van der Waals surface area contributed by atoms with Crippen molar-refractivity contribution in [2.75, 3.05) is 0 Å². The summed E-state index contributed by atoms with van der Waals surface area (Å²) in [7, 11) is 0. The number of aryl methyl sites for hydroxylation is 2. The van der Waals surface area contributed by atoms with E-state index >= 15 is 0 Å². The molecular formula is C16H16N2O2. The van der Waals surface area contributed by atoms with Crippen LogP contribution in [0.4, 0.5) is 0 Å². The smallest absolute Gasteiger partial charge is 0.224 e. The number of pyridine rings is 1. The van der Waals surface area contributed by atoms with Crippen LogP contribution in [0.1, 0.15) is 29.5 Å². The van der Waals surface area contributed by atoms with Crippen LogP contribution in [0.2, 0.25) is 0 Å². The van der Waals surface area contributed by atoms with Crippen molar-refractivity contribution in [3.63, 3.8) is 0 Å². The van der Waals surface area contributed by atoms with Gasteiger partial charge in [0.1, 0.15) is 5.75 Å². The maximum absolute atomic E-state index is 11.3. The van der Waals surface area contributed by atoms with Crippen molar-refractivity contribution in [2.45, 2.75) is 25.7 Å². The lowest BCUT2D eigenvalue weighted by molar-refractivity contribution is -0.119. The molecule has 3 rings (SSSR count). The molecule has 4 nitrogen and oxygen atoms in total. The molecule has 0 saturated carbocycles. The Bertz CT molecular complexity index is 667. The van der Waals surface area contributed by atoms with Crippen LogP contribution in [0.5, 0.6) is 11.6 Å². The van der Waals surface area contributed by atoms with Gasteiger partial charge >= 0.3 is 0 Å². The molecule has 0 aliphatic carbocycles. The minimum atomic E-state index is -0.315. The van der Waals surface area contributed by atoms with Gasteiger partial charge in [0.2, 0.25) is 11.8 Å². The lowest BCUT2D eigenvalue weighted by atomic mass is 9.96. The lowest BCUT2D eigenvalue weighted by Crippen LogP contribution is -2.18. The molecule has 0 saturated heterocycles. The highest BCUT2D eigenvalue weighted by Gasteiger charge is 2.18. The normalized spacial score (nSPS) is 14.4. The highest BCUT2D eigenvalue weighted by Crippen LogP contribution is 2.33. The van der Waals surface area contributed by atoms with Crippen molar-refractivity contribution in [1.82, 2.24) is 4.98 Å². The number of nitrogens with zero attached hydrogens (tertiary/aromatic N) is 1. The number of rotatable bonds is 2. The first kappa shape index (κ1) is 12.7. The quantitative estimate of drug-likeness (QED) is 0.910. The van der Waals surface area contributed by atoms with E-state index in [9.17, 15) is 4.79 Å². The minimum Gasteiger partial charge on any atom is -0.438 e. The second kappa shape index (κ2) is 4.96. The van der Waals surface area contributed by atoms with Gasteiger partial charge < -0.3 is 10.5 Å². The van der Waals surface area contributed by atoms with E-state index in [-0.39, 0.29) is 11.8 Å². The predicted octanol–water partition coefficient (Wildman–Crippen LogP) is 2.56. The zero-order valence-electron chi connectivity index (χ0n) is 11.3. The van der Waals surface area contributed by atoms with Gasteiger partial charge in [0.15, 0.2) is 0 Å². The summed E-state index contributed by atoms with van der Waals surface area (Å²) >= 11 is 0. The summed E-state index contributed by atoms with van der Waals surface area (Å²) in [6.45, 7) is 1.82. The van der Waals surface area contributed by atoms with Gasteiger partial charge in [-0.15, -0.1) is 0 Å². The molecule has 0 spiro atoms. The molecule has 1 unspecified atom stereocenters. The molecule has 2 aromatic rings. The zero-order chi connectivity index (χ0) is 14.1. The van der Waals surface area contributed by atoms with Crippen LogP contribution < -0.4 is 10.5 Å². The molecule has 2 heterocycles. The standard InChI is InChI=1S/C16H16N2O2/c1-10(15(17)19)12-6-7-14-13(9-12)5-4-11-3-2-8-18-16(11)20-14/h2-3,6-10H,4-5H2,1H3,(H2,17,19). The fourth-order valence-electron chi connectivity index (χ4n) is 2.41. The number of aromatic nitrogens is 1. The van der Waals surface area contributed by atoms with Crippen LogP contribution in [0.3, 0.4) is 0 Å². The molecule has 0 radical (unpaired) electrons. The number of carbonyl (C=O) groups is 1. The van der Waals surface area contributed by atoms with Crippen LogP contribution in [0, 0.1) is 0 Å². The van der Waals surface area contributed by atoms with Crippen molar-refractivity contribution < 1.29 is 9.53 Å². The molecule has 0 fully saturated rings. The Morgan fingerprint density at radius 2 is 2.10 bits per heavy atom. The summed E-state index contributed by atoms with van der Waals surface area (Å²) < 4.78 is 5.87. The highest BCUT2D eigenvalue weighted by atomic mass is 16.5. The fraction of sp³-hybridized carbons (Fsp3) is 0.250. The van der Waals surface area contributed by atoms with Gasteiger partial charge in [-0.3, -0.25) is 4.79 Å². The molecule has 2 N–H and O–H groups in total. The summed E-state index contributed by atoms with van der Waals surface area (Å²) in [6.07, 6.45) is 3.48. The van der Waals surface area contributed by atoms with Crippen LogP contribution in [-0.2, 0) is 17.6 Å². The van der Waals surface area contributed by atoms with Crippen molar-refractivity contribution in [1.29, 1.82) is 0 Å². The van der Waals surface area contributed by atoms with Crippen molar-refractivity contribution in [2.24, 2.45) is 5.73 Å². The zero-order valence-corrected chi connectivity index (χ0v) is 11.3. The van der Waals surface area contributed by atoms with E-state index in [0.29, 0.717) is 5.88 Å². The van der Waals surface area contributed by atoms with Gasteiger partial charge in [0, 0.05) is 11.8 Å². The number of fused-ring (bicyclic) bond motifs is 2. The van der Waals surface area contributed by atoms with Crippen molar-refractivity contribution in [3.8, 4) is 11.6 Å². The molecule has 20 heavy (non-hydrogen) atoms. The molecule has 1 aliphatic rings. The van der Waals surface area contributed by atoms with E-state index in [1.165, 1.54) is 0 Å². The van der Waals surface area contributed by atoms with Gasteiger partial charge in [0.25, 0.3) is 0 Å². The van der Waals surface area contributed by atoms with Gasteiger partial charge in [-0.05, 0) is 43.0 Å². The lowest BCUT2D eigenvalue weighted by Gasteiger charge is -2.12. The Morgan fingerprint density at radius 1 is 1.30 bits per heavy atom. The summed E-state index contributed by atoms with van der Waals surface area (Å²) in [4.78, 5) is 15.6. The molecule has 1 aromatic heterocycles. The monoisotopic (exact) mass is 268 g/mol. The number of amides is 1. The van der Waals surface area contributed by atoms with E-state index in [1.807, 2.05) is 37.3 Å². The van der Waals surface area contributed by atoms with E-state index in [1.54, 1.807) is 6.20 Å². The van der Waals surface area contributed by atoms with Gasteiger partial charge in [0.05, 0.1) is 5.92 Å². The van der Waals surface area contributed by atoms with Gasteiger partial charge in [-0.1, -0.05) is 18.2 Å². The Morgan fingerprint density at radius 3 is 2.90 bits per heavy atom. The molecule has 1 amide bonds. The summed E-state index contributed by atoms with van der Waals surface area (Å²) in [6, 6.07) is 9.74. The van der Waals surface area contributed by atoms with E-state index in [2.05, 4.69) is 4.98 Å². The van der Waals surface area contributed by atoms with Crippen LogP contribution >= 0.6 is 0 Å². The van der Waals surface area contributed by atoms with Crippen molar-refractivity contribution >= 4 is 5.91 Å². The third-order valence-corrected chi connectivity index (χ3v) is 3.73. The third-order valence-electron chi connectivity index (χ3n) is 3.73. The predicted molar refractivity (Wildman–Crippen MR) is 75.8 cm³/mol. The fourth-order valence-corrected chi connectivity index (χ4v) is 2.41. The molecule has 1 atom stereocenters. The molecule has 102 valence electrons. The average molecular weight is 268 g/mol. The molecule has 0 bridgehead atoms. The largest absolute Gasteiger partial charge is 0.438 e. The first-order valence-electron chi connectivity index (χ1n) is 6.69. The van der Waals surface area contributed by atoms with Crippen LogP contribution in [0.25, 0.3) is 0 Å². The topological polar surface area (TPSA) is 65.2 Å². The number of hydrogen-bond donors (Lipinski definition) is 1. The summed E-state index contributed by atoms with van der Waals surface area (Å²) in [5, 5.41) is 0. The Balaban J connectivity index is 1.97. The SMILES string of the molecule is CC(C(N)=O)c1ccc2c(c1)CCc1cccnc1O2. The first-order valence-corrected chi connectivity index (χ1v) is 6.69. The van der Waals surface area contributed by atoms with Crippen molar-refractivity contribution in [3.05, 3.63) is 53.2 Å². The summed E-state index contributed by atoms with van der Waals surface area (Å²) in [5.41, 5.74) is 8.49. The Labute approximate surface area is 117 Å². The maximum Gasteiger partial charge on any atom is 0.224 e. The van der Waals surface area contributed by atoms with E-state index in [4.69, 9.17) is 10.5 Å². The number of primary amides is 1. The van der Waals surface area contributed by atoms with E-state index in [0.717, 1.165) is 35.3 Å². The second-order valence-corrected chi connectivity index (χ2v) is 5.06. The number of benzene rings is 1. The molecular weight excluding hydrogens is 252 g/mol. The van der Waals surface area contributed by atoms with Crippen LogP contribution in [-0.4, -0.2) is 10.9 Å². The number of hydrogen-bond acceptors (Lipinski definition) is 3. The molecule has 4 heteroatoms. The Kier molecular flexibility index (Phi) is 3.14. The third kappa shape index (κ3) is 2.25. The maximum atomic E-state index is 11.3. The number of carbonyl (C=O) groups excluding carboxylic acids is 1. The van der Waals surface area contributed by atoms with Gasteiger partial charge in [-0.25, -0.2) is 4.98 Å². The number of ether oxygens (including phenoxy) is 1. The first-order chi connectivity index (χ1) is 9.65. The number of nitrogens with two attached hydrogens (primary N) is 1. The second-order valence-electron chi connectivity index (χ2n) is 5.06. The molecule has 1 aromatic carbocycles. The summed E-state index contributed by atoms with van der Waals surface area (Å²) in [5.74, 6) is 0.873. The van der Waals surface area contributed by atoms with E-state index < -0.39 is 0 Å². The Hall–Kier alpha value is -2.36.